The number of aromatic amines is 1. The Morgan fingerprint density at radius 3 is 2.77 bits per heavy atom. The molecule has 26 heavy (non-hydrogen) atoms. The summed E-state index contributed by atoms with van der Waals surface area (Å²) in [6.45, 7) is 5.01. The number of benzene rings is 1. The van der Waals surface area contributed by atoms with Gasteiger partial charge in [-0.25, -0.2) is 4.39 Å². The van der Waals surface area contributed by atoms with Gasteiger partial charge in [-0.2, -0.15) is 0 Å². The fourth-order valence-corrected chi connectivity index (χ4v) is 3.45. The Bertz CT molecular complexity index is 815. The normalized spacial score (nSPS) is 17.2. The lowest BCUT2D eigenvalue weighted by molar-refractivity contribution is -0.126. The first kappa shape index (κ1) is 18.2. The predicted molar refractivity (Wildman–Crippen MR) is 97.1 cm³/mol. The molecule has 3 rings (SSSR count). The molecular weight excluding hydrogens is 333 g/mol. The van der Waals surface area contributed by atoms with Crippen LogP contribution in [0.25, 0.3) is 0 Å². The monoisotopic (exact) mass is 357 g/mol. The molecule has 1 atom stereocenters. The van der Waals surface area contributed by atoms with E-state index in [0.29, 0.717) is 24.3 Å². The molecule has 1 aliphatic rings. The molecule has 2 amide bonds. The third-order valence-electron chi connectivity index (χ3n) is 4.85. The highest BCUT2D eigenvalue weighted by atomic mass is 19.1. The average Bonchev–Trinajstić information content (AvgIpc) is 2.98. The molecule has 0 aliphatic carbocycles. The van der Waals surface area contributed by atoms with E-state index in [1.165, 1.54) is 6.07 Å². The van der Waals surface area contributed by atoms with Gasteiger partial charge < -0.3 is 15.2 Å². The Kier molecular flexibility index (Phi) is 5.40. The second kappa shape index (κ2) is 7.72. The average molecular weight is 357 g/mol. The van der Waals surface area contributed by atoms with E-state index in [1.807, 2.05) is 19.9 Å². The van der Waals surface area contributed by atoms with Crippen molar-refractivity contribution in [1.29, 1.82) is 0 Å². The number of hydrogen-bond donors (Lipinski definition) is 2. The van der Waals surface area contributed by atoms with Gasteiger partial charge in [0, 0.05) is 30.9 Å². The van der Waals surface area contributed by atoms with E-state index in [9.17, 15) is 14.0 Å². The minimum absolute atomic E-state index is 0.0674. The predicted octanol–water partition coefficient (Wildman–Crippen LogP) is 2.94. The molecule has 1 aromatic carbocycles. The fourth-order valence-electron chi connectivity index (χ4n) is 3.45. The number of nitrogens with one attached hydrogen (secondary N) is 2. The van der Waals surface area contributed by atoms with Gasteiger partial charge >= 0.3 is 0 Å². The van der Waals surface area contributed by atoms with Crippen LogP contribution in [0.2, 0.25) is 0 Å². The second-order valence-electron chi connectivity index (χ2n) is 6.91. The summed E-state index contributed by atoms with van der Waals surface area (Å²) in [7, 11) is 0. The van der Waals surface area contributed by atoms with E-state index in [4.69, 9.17) is 0 Å². The molecule has 0 saturated carbocycles. The van der Waals surface area contributed by atoms with Gasteiger partial charge in [-0.1, -0.05) is 18.2 Å². The van der Waals surface area contributed by atoms with Crippen molar-refractivity contribution in [3.8, 4) is 0 Å². The maximum absolute atomic E-state index is 13.7. The number of aryl methyl sites for hydroxylation is 2. The summed E-state index contributed by atoms with van der Waals surface area (Å²) in [5.41, 5.74) is 2.91. The largest absolute Gasteiger partial charge is 0.354 e. The zero-order valence-corrected chi connectivity index (χ0v) is 15.1. The summed E-state index contributed by atoms with van der Waals surface area (Å²) in [6.07, 6.45) is 1.51. The molecular formula is C20H24FN3O2. The van der Waals surface area contributed by atoms with E-state index < -0.39 is 0 Å². The molecule has 0 spiro atoms. The number of halogens is 1. The SMILES string of the molecule is Cc1cc(C)c(C(=O)N2CCC[C@H](C(=O)NCc3ccccc3F)C2)[nH]1. The number of hydrogen-bond acceptors (Lipinski definition) is 2. The number of nitrogens with zero attached hydrogens (tertiary/aromatic N) is 1. The Hall–Kier alpha value is -2.63. The number of rotatable bonds is 4. The molecule has 1 fully saturated rings. The van der Waals surface area contributed by atoms with Crippen molar-refractivity contribution in [2.75, 3.05) is 13.1 Å². The van der Waals surface area contributed by atoms with Crippen molar-refractivity contribution in [3.63, 3.8) is 0 Å². The topological polar surface area (TPSA) is 65.2 Å². The van der Waals surface area contributed by atoms with E-state index in [1.54, 1.807) is 23.1 Å². The van der Waals surface area contributed by atoms with E-state index in [0.717, 1.165) is 24.1 Å². The first-order chi connectivity index (χ1) is 12.5. The number of carbonyl (C=O) groups is 2. The van der Waals surface area contributed by atoms with Crippen molar-refractivity contribution in [2.45, 2.75) is 33.2 Å². The van der Waals surface area contributed by atoms with Gasteiger partial charge in [0.05, 0.1) is 5.92 Å². The standard InChI is InChI=1S/C20H24FN3O2/c1-13-10-14(2)23-18(13)20(26)24-9-5-7-16(12-24)19(25)22-11-15-6-3-4-8-17(15)21/h3-4,6,8,10,16,23H,5,7,9,11-12H2,1-2H3,(H,22,25)/t16-/m0/s1. The van der Waals surface area contributed by atoms with Gasteiger partial charge in [0.1, 0.15) is 11.5 Å². The van der Waals surface area contributed by atoms with Crippen molar-refractivity contribution in [1.82, 2.24) is 15.2 Å². The number of likely N-dealkylation sites (tertiary alicyclic amines) is 1. The lowest BCUT2D eigenvalue weighted by Gasteiger charge is -2.32. The Labute approximate surface area is 152 Å². The quantitative estimate of drug-likeness (QED) is 0.884. The summed E-state index contributed by atoms with van der Waals surface area (Å²) in [6, 6.07) is 8.34. The van der Waals surface area contributed by atoms with E-state index in [-0.39, 0.29) is 30.1 Å². The van der Waals surface area contributed by atoms with Crippen molar-refractivity contribution < 1.29 is 14.0 Å². The van der Waals surface area contributed by atoms with Gasteiger partial charge in [0.25, 0.3) is 5.91 Å². The van der Waals surface area contributed by atoms with E-state index >= 15 is 0 Å². The maximum Gasteiger partial charge on any atom is 0.270 e. The minimum Gasteiger partial charge on any atom is -0.354 e. The molecule has 0 bridgehead atoms. The van der Waals surface area contributed by atoms with Crippen LogP contribution < -0.4 is 5.32 Å². The van der Waals surface area contributed by atoms with Crippen molar-refractivity contribution >= 4 is 11.8 Å². The van der Waals surface area contributed by atoms with Crippen molar-refractivity contribution in [3.05, 3.63) is 58.7 Å². The molecule has 0 radical (unpaired) electrons. The van der Waals surface area contributed by atoms with Crippen LogP contribution in [-0.2, 0) is 11.3 Å². The Morgan fingerprint density at radius 2 is 2.08 bits per heavy atom. The number of carbonyl (C=O) groups excluding carboxylic acids is 2. The van der Waals surface area contributed by atoms with Gasteiger partial charge in [0.2, 0.25) is 5.91 Å². The van der Waals surface area contributed by atoms with Gasteiger partial charge in [0.15, 0.2) is 0 Å². The number of amides is 2. The van der Waals surface area contributed by atoms with Crippen LogP contribution in [0.3, 0.4) is 0 Å². The highest BCUT2D eigenvalue weighted by molar-refractivity contribution is 5.94. The zero-order valence-electron chi connectivity index (χ0n) is 15.1. The molecule has 0 unspecified atom stereocenters. The molecule has 1 aromatic heterocycles. The van der Waals surface area contributed by atoms with Crippen LogP contribution in [0.1, 0.15) is 40.2 Å². The van der Waals surface area contributed by atoms with Crippen molar-refractivity contribution in [2.24, 2.45) is 5.92 Å². The van der Waals surface area contributed by atoms with Crippen LogP contribution in [0.4, 0.5) is 4.39 Å². The fraction of sp³-hybridized carbons (Fsp3) is 0.400. The van der Waals surface area contributed by atoms with Gasteiger partial charge in [-0.05, 0) is 44.4 Å². The Morgan fingerprint density at radius 1 is 1.31 bits per heavy atom. The maximum atomic E-state index is 13.7. The number of aromatic nitrogens is 1. The molecule has 138 valence electrons. The van der Waals surface area contributed by atoms with Gasteiger partial charge in [-0.3, -0.25) is 9.59 Å². The van der Waals surface area contributed by atoms with Crippen LogP contribution in [0.5, 0.6) is 0 Å². The summed E-state index contributed by atoms with van der Waals surface area (Å²) < 4.78 is 13.7. The van der Waals surface area contributed by atoms with Crippen LogP contribution in [0.15, 0.2) is 30.3 Å². The zero-order chi connectivity index (χ0) is 18.7. The molecule has 1 saturated heterocycles. The molecule has 2 aromatic rings. The lowest BCUT2D eigenvalue weighted by atomic mass is 9.96. The third kappa shape index (κ3) is 3.95. The Balaban J connectivity index is 1.61. The molecule has 2 N–H and O–H groups in total. The second-order valence-corrected chi connectivity index (χ2v) is 6.91. The summed E-state index contributed by atoms with van der Waals surface area (Å²) in [5.74, 6) is -0.797. The van der Waals surface area contributed by atoms with E-state index in [2.05, 4.69) is 10.3 Å². The summed E-state index contributed by atoms with van der Waals surface area (Å²) in [5, 5.41) is 2.80. The minimum atomic E-state index is -0.328. The first-order valence-electron chi connectivity index (χ1n) is 8.92. The first-order valence-corrected chi connectivity index (χ1v) is 8.92. The van der Waals surface area contributed by atoms with Gasteiger partial charge in [-0.15, -0.1) is 0 Å². The highest BCUT2D eigenvalue weighted by Gasteiger charge is 2.30. The highest BCUT2D eigenvalue weighted by Crippen LogP contribution is 2.20. The molecule has 1 aliphatic heterocycles. The lowest BCUT2D eigenvalue weighted by Crippen LogP contribution is -2.45. The summed E-state index contributed by atoms with van der Waals surface area (Å²) in [4.78, 5) is 30.1. The third-order valence-corrected chi connectivity index (χ3v) is 4.85. The number of piperidine rings is 1. The van der Waals surface area contributed by atoms with Crippen LogP contribution >= 0.6 is 0 Å². The summed E-state index contributed by atoms with van der Waals surface area (Å²) >= 11 is 0. The molecule has 6 heteroatoms. The number of H-pyrrole nitrogens is 1. The van der Waals surface area contributed by atoms with Crippen LogP contribution in [-0.4, -0.2) is 34.8 Å². The van der Waals surface area contributed by atoms with Crippen LogP contribution in [0, 0.1) is 25.6 Å². The molecule has 5 nitrogen and oxygen atoms in total. The smallest absolute Gasteiger partial charge is 0.270 e. The molecule has 2 heterocycles.